The highest BCUT2D eigenvalue weighted by Crippen LogP contribution is 2.41. The standard InChI is InChI=1S/C60H40N2/c1-5-15-41(16-6-1)45-30-34-58-55(37-45)56-38-46(31-35-59(56)61(58)49-19-9-3-10-20-49)43-25-27-44(28-26-43)51-23-13-14-24-52(51)48-32-36-57-54(39-48)53-33-29-47(42-17-7-2-8-18-42)40-60(53)62(57)50-21-11-4-12-22-50/h1-40H. The Morgan fingerprint density at radius 3 is 1.06 bits per heavy atom. The molecule has 0 saturated carbocycles. The Labute approximate surface area is 360 Å². The molecule has 2 aromatic heterocycles. The molecule has 290 valence electrons. The maximum absolute atomic E-state index is 2.41. The number of nitrogens with zero attached hydrogens (tertiary/aromatic N) is 2. The third-order valence-corrected chi connectivity index (χ3v) is 12.5. The molecule has 0 saturated heterocycles. The van der Waals surface area contributed by atoms with Crippen LogP contribution in [0.15, 0.2) is 243 Å². The molecule has 0 N–H and O–H groups in total. The minimum absolute atomic E-state index is 1.16. The lowest BCUT2D eigenvalue weighted by Crippen LogP contribution is -1.93. The monoisotopic (exact) mass is 788 g/mol. The second-order valence-electron chi connectivity index (χ2n) is 16.1. The molecule has 12 rings (SSSR count). The first-order valence-electron chi connectivity index (χ1n) is 21.3. The molecule has 0 bridgehead atoms. The Balaban J connectivity index is 0.942. The van der Waals surface area contributed by atoms with Gasteiger partial charge in [-0.3, -0.25) is 0 Å². The summed E-state index contributed by atoms with van der Waals surface area (Å²) in [5, 5.41) is 4.98. The fourth-order valence-electron chi connectivity index (χ4n) is 9.55. The van der Waals surface area contributed by atoms with Gasteiger partial charge in [-0.25, -0.2) is 0 Å². The van der Waals surface area contributed by atoms with E-state index < -0.39 is 0 Å². The quantitative estimate of drug-likeness (QED) is 0.152. The summed E-state index contributed by atoms with van der Waals surface area (Å²) in [6, 6.07) is 88.4. The zero-order chi connectivity index (χ0) is 41.0. The molecule has 0 fully saturated rings. The Hall–Kier alpha value is -8.20. The molecular weight excluding hydrogens is 749 g/mol. The molecule has 0 atom stereocenters. The number of para-hydroxylation sites is 2. The van der Waals surface area contributed by atoms with Crippen LogP contribution in [0.1, 0.15) is 0 Å². The number of hydrogen-bond acceptors (Lipinski definition) is 0. The molecule has 62 heavy (non-hydrogen) atoms. The lowest BCUT2D eigenvalue weighted by atomic mass is 9.92. The minimum atomic E-state index is 1.16. The summed E-state index contributed by atoms with van der Waals surface area (Å²) >= 11 is 0. The Morgan fingerprint density at radius 2 is 0.532 bits per heavy atom. The van der Waals surface area contributed by atoms with Gasteiger partial charge in [0.1, 0.15) is 0 Å². The normalized spacial score (nSPS) is 11.5. The zero-order valence-electron chi connectivity index (χ0n) is 34.0. The first-order chi connectivity index (χ1) is 30.7. The van der Waals surface area contributed by atoms with Gasteiger partial charge in [0.05, 0.1) is 22.1 Å². The van der Waals surface area contributed by atoms with Crippen molar-refractivity contribution in [3.05, 3.63) is 243 Å². The summed E-state index contributed by atoms with van der Waals surface area (Å²) in [7, 11) is 0. The van der Waals surface area contributed by atoms with E-state index in [1.165, 1.54) is 99.2 Å². The molecular formula is C60H40N2. The van der Waals surface area contributed by atoms with Gasteiger partial charge < -0.3 is 9.13 Å². The molecule has 0 radical (unpaired) electrons. The highest BCUT2D eigenvalue weighted by molar-refractivity contribution is 6.13. The van der Waals surface area contributed by atoms with Crippen molar-refractivity contribution in [2.75, 3.05) is 0 Å². The number of fused-ring (bicyclic) bond motifs is 6. The van der Waals surface area contributed by atoms with E-state index in [2.05, 4.69) is 252 Å². The van der Waals surface area contributed by atoms with Crippen molar-refractivity contribution >= 4 is 43.6 Å². The second kappa shape index (κ2) is 14.8. The number of rotatable bonds is 7. The Bertz CT molecular complexity index is 3580. The van der Waals surface area contributed by atoms with Crippen LogP contribution in [0.2, 0.25) is 0 Å². The molecule has 10 aromatic carbocycles. The largest absolute Gasteiger partial charge is 0.309 e. The van der Waals surface area contributed by atoms with Crippen molar-refractivity contribution < 1.29 is 0 Å². The number of aromatic nitrogens is 2. The van der Waals surface area contributed by atoms with Crippen LogP contribution in [-0.2, 0) is 0 Å². The summed E-state index contributed by atoms with van der Waals surface area (Å²) in [4.78, 5) is 0. The third-order valence-electron chi connectivity index (χ3n) is 12.5. The maximum Gasteiger partial charge on any atom is 0.0547 e. The average molecular weight is 789 g/mol. The van der Waals surface area contributed by atoms with Crippen LogP contribution in [-0.4, -0.2) is 9.13 Å². The van der Waals surface area contributed by atoms with Gasteiger partial charge in [-0.05, 0) is 122 Å². The van der Waals surface area contributed by atoms with Crippen molar-refractivity contribution in [1.29, 1.82) is 0 Å². The van der Waals surface area contributed by atoms with Crippen molar-refractivity contribution in [3.8, 4) is 67.0 Å². The molecule has 2 heteroatoms. The van der Waals surface area contributed by atoms with Crippen LogP contribution in [0.25, 0.3) is 111 Å². The predicted octanol–water partition coefficient (Wildman–Crippen LogP) is 16.2. The van der Waals surface area contributed by atoms with Crippen LogP contribution in [0, 0.1) is 0 Å². The van der Waals surface area contributed by atoms with Crippen molar-refractivity contribution in [1.82, 2.24) is 9.13 Å². The Kier molecular flexibility index (Phi) is 8.53. The summed E-state index contributed by atoms with van der Waals surface area (Å²) in [5.74, 6) is 0. The van der Waals surface area contributed by atoms with Crippen LogP contribution in [0.4, 0.5) is 0 Å². The van der Waals surface area contributed by atoms with Gasteiger partial charge in [0.25, 0.3) is 0 Å². The lowest BCUT2D eigenvalue weighted by molar-refractivity contribution is 1.18. The summed E-state index contributed by atoms with van der Waals surface area (Å²) < 4.78 is 4.80. The molecule has 2 heterocycles. The summed E-state index contributed by atoms with van der Waals surface area (Å²) in [6.45, 7) is 0. The smallest absolute Gasteiger partial charge is 0.0547 e. The van der Waals surface area contributed by atoms with Crippen molar-refractivity contribution in [2.24, 2.45) is 0 Å². The van der Waals surface area contributed by atoms with E-state index in [0.29, 0.717) is 0 Å². The highest BCUT2D eigenvalue weighted by Gasteiger charge is 2.18. The highest BCUT2D eigenvalue weighted by atomic mass is 15.0. The molecule has 0 unspecified atom stereocenters. The van der Waals surface area contributed by atoms with E-state index in [9.17, 15) is 0 Å². The van der Waals surface area contributed by atoms with E-state index in [1.807, 2.05) is 0 Å². The fraction of sp³-hybridized carbons (Fsp3) is 0. The average Bonchev–Trinajstić information content (AvgIpc) is 3.86. The molecule has 0 spiro atoms. The van der Waals surface area contributed by atoms with E-state index >= 15 is 0 Å². The van der Waals surface area contributed by atoms with Crippen molar-refractivity contribution in [3.63, 3.8) is 0 Å². The molecule has 0 aliphatic rings. The van der Waals surface area contributed by atoms with Gasteiger partial charge in [0, 0.05) is 32.9 Å². The van der Waals surface area contributed by atoms with Gasteiger partial charge in [0.2, 0.25) is 0 Å². The summed E-state index contributed by atoms with van der Waals surface area (Å²) in [6.07, 6.45) is 0. The Morgan fingerprint density at radius 1 is 0.194 bits per heavy atom. The van der Waals surface area contributed by atoms with Gasteiger partial charge in [-0.2, -0.15) is 0 Å². The van der Waals surface area contributed by atoms with Gasteiger partial charge >= 0.3 is 0 Å². The van der Waals surface area contributed by atoms with Crippen LogP contribution in [0.5, 0.6) is 0 Å². The van der Waals surface area contributed by atoms with Gasteiger partial charge in [-0.15, -0.1) is 0 Å². The van der Waals surface area contributed by atoms with Gasteiger partial charge in [-0.1, -0.05) is 176 Å². The van der Waals surface area contributed by atoms with Crippen LogP contribution in [0.3, 0.4) is 0 Å². The van der Waals surface area contributed by atoms with E-state index in [0.717, 1.165) is 11.4 Å². The van der Waals surface area contributed by atoms with E-state index in [-0.39, 0.29) is 0 Å². The maximum atomic E-state index is 2.41. The predicted molar refractivity (Wildman–Crippen MR) is 262 cm³/mol. The third kappa shape index (κ3) is 6.04. The SMILES string of the molecule is c1ccc(-c2ccc3c(c2)c2cc(-c4ccc(-c5ccccc5-c5ccc6c(c5)c5ccc(-c7ccccc7)cc5n6-c5ccccc5)cc4)ccc2n3-c2ccccc2)cc1. The van der Waals surface area contributed by atoms with Gasteiger partial charge in [0.15, 0.2) is 0 Å². The molecule has 0 amide bonds. The summed E-state index contributed by atoms with van der Waals surface area (Å²) in [5.41, 5.74) is 19.2. The van der Waals surface area contributed by atoms with Crippen LogP contribution >= 0.6 is 0 Å². The topological polar surface area (TPSA) is 9.86 Å². The first kappa shape index (κ1) is 35.7. The van der Waals surface area contributed by atoms with E-state index in [1.54, 1.807) is 0 Å². The fourth-order valence-corrected chi connectivity index (χ4v) is 9.55. The molecule has 2 nitrogen and oxygen atoms in total. The number of hydrogen-bond donors (Lipinski definition) is 0. The molecule has 12 aromatic rings. The van der Waals surface area contributed by atoms with Crippen molar-refractivity contribution in [2.45, 2.75) is 0 Å². The second-order valence-corrected chi connectivity index (χ2v) is 16.1. The van der Waals surface area contributed by atoms with Crippen LogP contribution < -0.4 is 0 Å². The minimum Gasteiger partial charge on any atom is -0.309 e. The molecule has 0 aliphatic heterocycles. The first-order valence-corrected chi connectivity index (χ1v) is 21.3. The molecule has 0 aliphatic carbocycles. The lowest BCUT2D eigenvalue weighted by Gasteiger charge is -2.12. The number of benzene rings is 10. The zero-order valence-corrected chi connectivity index (χ0v) is 34.0. The van der Waals surface area contributed by atoms with E-state index in [4.69, 9.17) is 0 Å².